The lowest BCUT2D eigenvalue weighted by Gasteiger charge is -2.23. The number of rotatable bonds is 8. The van der Waals surface area contributed by atoms with E-state index in [-0.39, 0.29) is 18.1 Å². The van der Waals surface area contributed by atoms with E-state index in [1.54, 1.807) is 30.5 Å². The van der Waals surface area contributed by atoms with Crippen LogP contribution in [0.25, 0.3) is 10.9 Å². The molecule has 1 aromatic heterocycles. The van der Waals surface area contributed by atoms with Crippen molar-refractivity contribution in [1.29, 1.82) is 5.26 Å². The molecule has 10 heteroatoms. The summed E-state index contributed by atoms with van der Waals surface area (Å²) in [4.78, 5) is 18.6. The Balaban J connectivity index is 1.55. The van der Waals surface area contributed by atoms with E-state index >= 15 is 0 Å². The van der Waals surface area contributed by atoms with Crippen LogP contribution in [-0.2, 0) is 6.61 Å². The summed E-state index contributed by atoms with van der Waals surface area (Å²) in [6, 6.07) is 16.7. The van der Waals surface area contributed by atoms with E-state index in [0.29, 0.717) is 55.5 Å². The van der Waals surface area contributed by atoms with Gasteiger partial charge in [0.1, 0.15) is 17.5 Å². The second-order valence-electron chi connectivity index (χ2n) is 9.74. The van der Waals surface area contributed by atoms with Crippen molar-refractivity contribution < 1.29 is 9.47 Å². The lowest BCUT2D eigenvalue weighted by atomic mass is 9.88. The van der Waals surface area contributed by atoms with Gasteiger partial charge in [0.15, 0.2) is 11.5 Å². The quantitative estimate of drug-likeness (QED) is 0.173. The molecule has 0 N–H and O–H groups in total. The van der Waals surface area contributed by atoms with Crippen molar-refractivity contribution in [2.75, 3.05) is 6.61 Å². The van der Waals surface area contributed by atoms with Gasteiger partial charge in [-0.05, 0) is 66.0 Å². The fourth-order valence-corrected chi connectivity index (χ4v) is 6.04. The normalized spacial score (nSPS) is 13.9. The van der Waals surface area contributed by atoms with E-state index in [0.717, 1.165) is 35.7 Å². The minimum Gasteiger partial charge on any atom is -0.490 e. The molecule has 41 heavy (non-hydrogen) atoms. The van der Waals surface area contributed by atoms with Crippen molar-refractivity contribution in [3.05, 3.63) is 95.4 Å². The van der Waals surface area contributed by atoms with E-state index in [1.165, 1.54) is 11.1 Å². The van der Waals surface area contributed by atoms with Crippen LogP contribution in [0.3, 0.4) is 0 Å². The minimum absolute atomic E-state index is 0.141. The van der Waals surface area contributed by atoms with E-state index in [9.17, 15) is 10.1 Å². The number of ether oxygens (including phenoxy) is 2. The summed E-state index contributed by atoms with van der Waals surface area (Å²) >= 11 is 13.8. The lowest BCUT2D eigenvalue weighted by Crippen LogP contribution is -2.25. The fourth-order valence-electron chi connectivity index (χ4n) is 5.02. The van der Waals surface area contributed by atoms with Crippen molar-refractivity contribution in [3.8, 4) is 17.6 Å². The molecule has 0 atom stereocenters. The number of benzene rings is 3. The third-order valence-corrected chi connectivity index (χ3v) is 9.02. The molecule has 1 heterocycles. The van der Waals surface area contributed by atoms with Gasteiger partial charge in [-0.25, -0.2) is 4.98 Å². The van der Waals surface area contributed by atoms with Crippen LogP contribution in [0.2, 0.25) is 5.02 Å². The van der Waals surface area contributed by atoms with Crippen LogP contribution in [0.4, 0.5) is 0 Å². The third-order valence-electron chi connectivity index (χ3n) is 7.08. The Morgan fingerprint density at radius 3 is 2.68 bits per heavy atom. The maximum Gasteiger partial charge on any atom is 0.282 e. The molecule has 4 aromatic rings. The van der Waals surface area contributed by atoms with Crippen LogP contribution in [0.15, 0.2) is 67.4 Å². The van der Waals surface area contributed by atoms with Crippen molar-refractivity contribution in [3.63, 3.8) is 0 Å². The van der Waals surface area contributed by atoms with Gasteiger partial charge in [0.05, 0.1) is 35.4 Å². The fraction of sp³-hybridized carbons (Fsp3) is 0.290. The van der Waals surface area contributed by atoms with Crippen molar-refractivity contribution in [2.24, 2.45) is 5.10 Å². The number of aromatic nitrogens is 2. The summed E-state index contributed by atoms with van der Waals surface area (Å²) in [6.07, 6.45) is 6.91. The summed E-state index contributed by atoms with van der Waals surface area (Å²) in [5.41, 5.74) is 2.31. The molecule has 0 bridgehead atoms. The first-order valence-corrected chi connectivity index (χ1v) is 15.4. The molecular weight excluding hydrogens is 672 g/mol. The van der Waals surface area contributed by atoms with Crippen LogP contribution in [0.1, 0.15) is 67.5 Å². The molecular formula is C31H27Br2ClN4O3. The Kier molecular flexibility index (Phi) is 9.43. The largest absolute Gasteiger partial charge is 0.490 e. The van der Waals surface area contributed by atoms with E-state index in [4.69, 9.17) is 26.1 Å². The monoisotopic (exact) mass is 696 g/mol. The molecule has 0 unspecified atom stereocenters. The van der Waals surface area contributed by atoms with Crippen LogP contribution in [-0.4, -0.2) is 22.5 Å². The molecule has 1 aliphatic rings. The molecule has 0 aliphatic heterocycles. The summed E-state index contributed by atoms with van der Waals surface area (Å²) in [5.74, 6) is 1.60. The van der Waals surface area contributed by atoms with Gasteiger partial charge in [-0.2, -0.15) is 15.0 Å². The minimum atomic E-state index is -0.225. The number of nitriles is 1. The molecule has 1 aliphatic carbocycles. The van der Waals surface area contributed by atoms with Crippen LogP contribution in [0, 0.1) is 11.3 Å². The van der Waals surface area contributed by atoms with Gasteiger partial charge < -0.3 is 9.47 Å². The smallest absolute Gasteiger partial charge is 0.282 e. The first-order chi connectivity index (χ1) is 19.9. The molecule has 0 spiro atoms. The molecule has 1 saturated carbocycles. The maximum absolute atomic E-state index is 13.7. The van der Waals surface area contributed by atoms with Crippen molar-refractivity contribution >= 4 is 60.6 Å². The van der Waals surface area contributed by atoms with Crippen LogP contribution >= 0.6 is 43.5 Å². The summed E-state index contributed by atoms with van der Waals surface area (Å²) in [5, 5.41) is 14.9. The number of halogens is 3. The highest BCUT2D eigenvalue weighted by molar-refractivity contribution is 9.10. The highest BCUT2D eigenvalue weighted by Crippen LogP contribution is 2.43. The predicted molar refractivity (Wildman–Crippen MR) is 168 cm³/mol. The Hall–Kier alpha value is -3.19. The Bertz CT molecular complexity index is 1730. The van der Waals surface area contributed by atoms with Gasteiger partial charge in [0.25, 0.3) is 5.56 Å². The average Bonchev–Trinajstić information content (AvgIpc) is 2.99. The SMILES string of the molecule is CCOc1cc(C=Nn2c(C3CCCCC3)nc3ccc(Br)cc3c2=O)c(Br)c(Cl)c1OCc1ccccc1C#N. The van der Waals surface area contributed by atoms with Crippen molar-refractivity contribution in [2.45, 2.75) is 51.6 Å². The van der Waals surface area contributed by atoms with E-state index < -0.39 is 0 Å². The van der Waals surface area contributed by atoms with Gasteiger partial charge in [0, 0.05) is 26.0 Å². The zero-order valence-electron chi connectivity index (χ0n) is 22.4. The number of fused-ring (bicyclic) bond motifs is 1. The van der Waals surface area contributed by atoms with Gasteiger partial charge in [-0.15, -0.1) is 0 Å². The predicted octanol–water partition coefficient (Wildman–Crippen LogP) is 8.35. The Labute approximate surface area is 260 Å². The molecule has 0 saturated heterocycles. The first-order valence-electron chi connectivity index (χ1n) is 13.4. The molecule has 3 aromatic carbocycles. The topological polar surface area (TPSA) is 89.5 Å². The zero-order valence-corrected chi connectivity index (χ0v) is 26.3. The molecule has 7 nitrogen and oxygen atoms in total. The van der Waals surface area contributed by atoms with E-state index in [1.807, 2.05) is 31.2 Å². The second-order valence-corrected chi connectivity index (χ2v) is 11.8. The third kappa shape index (κ3) is 6.35. The zero-order chi connectivity index (χ0) is 28.9. The van der Waals surface area contributed by atoms with Crippen molar-refractivity contribution in [1.82, 2.24) is 9.66 Å². The summed E-state index contributed by atoms with van der Waals surface area (Å²) in [6.45, 7) is 2.39. The highest BCUT2D eigenvalue weighted by atomic mass is 79.9. The molecule has 0 amide bonds. The molecule has 0 radical (unpaired) electrons. The molecule has 5 rings (SSSR count). The van der Waals surface area contributed by atoms with Crippen LogP contribution < -0.4 is 15.0 Å². The highest BCUT2D eigenvalue weighted by Gasteiger charge is 2.23. The van der Waals surface area contributed by atoms with Gasteiger partial charge in [-0.1, -0.05) is 65.0 Å². The number of hydrogen-bond donors (Lipinski definition) is 0. The first kappa shape index (κ1) is 29.3. The Morgan fingerprint density at radius 2 is 1.93 bits per heavy atom. The number of hydrogen-bond acceptors (Lipinski definition) is 6. The second kappa shape index (κ2) is 13.2. The molecule has 210 valence electrons. The summed E-state index contributed by atoms with van der Waals surface area (Å²) < 4.78 is 14.7. The summed E-state index contributed by atoms with van der Waals surface area (Å²) in [7, 11) is 0. The van der Waals surface area contributed by atoms with Gasteiger partial charge in [0.2, 0.25) is 0 Å². The van der Waals surface area contributed by atoms with Gasteiger partial charge >= 0.3 is 0 Å². The average molecular weight is 699 g/mol. The maximum atomic E-state index is 13.7. The molecule has 1 fully saturated rings. The van der Waals surface area contributed by atoms with Gasteiger partial charge in [-0.3, -0.25) is 4.79 Å². The Morgan fingerprint density at radius 1 is 1.15 bits per heavy atom. The van der Waals surface area contributed by atoms with E-state index in [2.05, 4.69) is 43.0 Å². The lowest BCUT2D eigenvalue weighted by molar-refractivity contribution is 0.269. The number of nitrogens with zero attached hydrogens (tertiary/aromatic N) is 4. The standard InChI is InChI=1S/C31H27Br2ClN4O3/c1-2-40-26-14-22(27(33)28(34)29(26)41-18-21-11-7-6-10-20(21)16-35)17-36-38-30(19-8-4-3-5-9-19)37-25-13-12-23(32)15-24(25)31(38)39/h6-7,10-15,17,19H,2-5,8-9,18H2,1H3. The van der Waals surface area contributed by atoms with Crippen LogP contribution in [0.5, 0.6) is 11.5 Å².